The fourth-order valence-corrected chi connectivity index (χ4v) is 3.45. The van der Waals surface area contributed by atoms with Crippen LogP contribution in [0.5, 0.6) is 0 Å². The molecule has 0 spiro atoms. The van der Waals surface area contributed by atoms with Gasteiger partial charge in [0.25, 0.3) is 0 Å². The molecule has 146 valence electrons. The van der Waals surface area contributed by atoms with Crippen LogP contribution in [0.3, 0.4) is 0 Å². The maximum Gasteiger partial charge on any atom is 0.123 e. The summed E-state index contributed by atoms with van der Waals surface area (Å²) in [4.78, 5) is 0. The largest absolute Gasteiger partial charge is 0.398 e. The van der Waals surface area contributed by atoms with Gasteiger partial charge in [-0.2, -0.15) is 0 Å². The van der Waals surface area contributed by atoms with Crippen molar-refractivity contribution >= 4 is 0 Å². The number of aryl methyl sites for hydroxylation is 1. The molecular formula is C23H32N2O2. The highest BCUT2D eigenvalue weighted by molar-refractivity contribution is 5.43. The monoisotopic (exact) mass is 368 g/mol. The van der Waals surface area contributed by atoms with Gasteiger partial charge >= 0.3 is 0 Å². The van der Waals surface area contributed by atoms with Crippen molar-refractivity contribution < 1.29 is 9.47 Å². The number of hydrogen-bond donors (Lipinski definition) is 2. The maximum atomic E-state index is 6.35. The van der Waals surface area contributed by atoms with Crippen LogP contribution < -0.4 is 11.1 Å². The molecule has 2 aliphatic rings. The van der Waals surface area contributed by atoms with E-state index in [2.05, 4.69) is 56.1 Å². The van der Waals surface area contributed by atoms with Crippen molar-refractivity contribution in [1.29, 1.82) is 0 Å². The van der Waals surface area contributed by atoms with Gasteiger partial charge in [0.2, 0.25) is 0 Å². The van der Waals surface area contributed by atoms with Crippen molar-refractivity contribution in [2.24, 2.45) is 17.1 Å². The Morgan fingerprint density at radius 2 is 2.22 bits per heavy atom. The van der Waals surface area contributed by atoms with E-state index in [9.17, 15) is 0 Å². The normalized spacial score (nSPS) is 22.8. The van der Waals surface area contributed by atoms with Crippen LogP contribution in [-0.2, 0) is 9.47 Å². The third-order valence-electron chi connectivity index (χ3n) is 5.20. The predicted octanol–water partition coefficient (Wildman–Crippen LogP) is 3.65. The van der Waals surface area contributed by atoms with E-state index in [0.717, 1.165) is 36.3 Å². The molecule has 27 heavy (non-hydrogen) atoms. The lowest BCUT2D eigenvalue weighted by Crippen LogP contribution is -2.25. The van der Waals surface area contributed by atoms with Crippen LogP contribution in [0.15, 0.2) is 30.1 Å². The van der Waals surface area contributed by atoms with E-state index in [1.807, 2.05) is 6.20 Å². The van der Waals surface area contributed by atoms with Gasteiger partial charge in [-0.15, -0.1) is 0 Å². The molecule has 1 aromatic rings. The zero-order valence-corrected chi connectivity index (χ0v) is 17.0. The average Bonchev–Trinajstić information content (AvgIpc) is 3.39. The molecule has 0 bridgehead atoms. The van der Waals surface area contributed by atoms with Gasteiger partial charge in [0.15, 0.2) is 0 Å². The van der Waals surface area contributed by atoms with Crippen molar-refractivity contribution in [3.05, 3.63) is 46.8 Å². The van der Waals surface area contributed by atoms with Gasteiger partial charge in [0.1, 0.15) is 6.10 Å². The minimum atomic E-state index is -0.291. The van der Waals surface area contributed by atoms with E-state index < -0.39 is 0 Å². The van der Waals surface area contributed by atoms with Crippen LogP contribution in [0.4, 0.5) is 0 Å². The van der Waals surface area contributed by atoms with Gasteiger partial charge in [-0.1, -0.05) is 31.8 Å². The molecule has 1 aliphatic carbocycles. The molecule has 4 heteroatoms. The highest BCUT2D eigenvalue weighted by Gasteiger charge is 2.31. The number of nitrogens with two attached hydrogens (primary N) is 1. The van der Waals surface area contributed by atoms with Crippen LogP contribution in [0.25, 0.3) is 0 Å². The lowest BCUT2D eigenvalue weighted by molar-refractivity contribution is 0.101. The first-order valence-corrected chi connectivity index (χ1v) is 9.83. The summed E-state index contributed by atoms with van der Waals surface area (Å²) < 4.78 is 11.5. The van der Waals surface area contributed by atoms with Crippen molar-refractivity contribution in [2.45, 2.75) is 52.2 Å². The summed E-state index contributed by atoms with van der Waals surface area (Å²) in [6, 6.07) is 6.26. The topological polar surface area (TPSA) is 56.5 Å². The second-order valence-corrected chi connectivity index (χ2v) is 8.58. The van der Waals surface area contributed by atoms with Crippen LogP contribution in [0, 0.1) is 30.1 Å². The Balaban J connectivity index is 1.66. The molecule has 1 aliphatic heterocycles. The summed E-state index contributed by atoms with van der Waals surface area (Å²) in [5.74, 6) is 7.18. The molecule has 1 saturated heterocycles. The predicted molar refractivity (Wildman–Crippen MR) is 109 cm³/mol. The first-order valence-electron chi connectivity index (χ1n) is 9.83. The Bertz CT molecular complexity index is 753. The van der Waals surface area contributed by atoms with Gasteiger partial charge < -0.3 is 20.5 Å². The number of ether oxygens (including phenoxy) is 2. The quantitative estimate of drug-likeness (QED) is 0.753. The van der Waals surface area contributed by atoms with Gasteiger partial charge in [0, 0.05) is 31.3 Å². The first-order chi connectivity index (χ1) is 12.9. The number of methoxy groups -OCH3 is 1. The maximum absolute atomic E-state index is 6.35. The molecule has 4 nitrogen and oxygen atoms in total. The van der Waals surface area contributed by atoms with E-state index in [0.29, 0.717) is 11.6 Å². The van der Waals surface area contributed by atoms with Crippen LogP contribution in [-0.4, -0.2) is 26.4 Å². The van der Waals surface area contributed by atoms with Gasteiger partial charge in [-0.25, -0.2) is 0 Å². The van der Waals surface area contributed by atoms with Crippen LogP contribution in [0.1, 0.15) is 55.9 Å². The number of rotatable bonds is 6. The van der Waals surface area contributed by atoms with E-state index in [1.54, 1.807) is 7.11 Å². The molecule has 3 rings (SSSR count). The van der Waals surface area contributed by atoms with Crippen LogP contribution >= 0.6 is 0 Å². The van der Waals surface area contributed by atoms with Gasteiger partial charge in [-0.3, -0.25) is 0 Å². The first kappa shape index (κ1) is 19.8. The fraction of sp³-hybridized carbons (Fsp3) is 0.565. The lowest BCUT2D eigenvalue weighted by Gasteiger charge is -2.20. The van der Waals surface area contributed by atoms with Crippen LogP contribution in [0.2, 0.25) is 0 Å². The SMILES string of the molecule is COC(/C(N)=C/NCC1CC(C)(C)CO1)c1cc(C#CC2CC2)ccc1C. The Labute approximate surface area is 163 Å². The third kappa shape index (κ3) is 5.51. The molecule has 2 unspecified atom stereocenters. The number of hydrogen-bond acceptors (Lipinski definition) is 4. The lowest BCUT2D eigenvalue weighted by atomic mass is 9.91. The van der Waals surface area contributed by atoms with Crippen molar-refractivity contribution in [3.63, 3.8) is 0 Å². The van der Waals surface area contributed by atoms with Gasteiger partial charge in [0.05, 0.1) is 18.4 Å². The van der Waals surface area contributed by atoms with Crippen molar-refractivity contribution in [2.75, 3.05) is 20.3 Å². The second kappa shape index (κ2) is 8.37. The molecule has 2 fully saturated rings. The van der Waals surface area contributed by atoms with E-state index in [4.69, 9.17) is 15.2 Å². The molecular weight excluding hydrogens is 336 g/mol. The van der Waals surface area contributed by atoms with Crippen molar-refractivity contribution in [1.82, 2.24) is 5.32 Å². The summed E-state index contributed by atoms with van der Waals surface area (Å²) in [5.41, 5.74) is 10.5. The van der Waals surface area contributed by atoms with Crippen molar-refractivity contribution in [3.8, 4) is 11.8 Å². The zero-order valence-electron chi connectivity index (χ0n) is 17.0. The highest BCUT2D eigenvalue weighted by atomic mass is 16.5. The van der Waals surface area contributed by atoms with E-state index in [1.165, 1.54) is 12.8 Å². The fourth-order valence-electron chi connectivity index (χ4n) is 3.45. The molecule has 0 radical (unpaired) electrons. The Morgan fingerprint density at radius 1 is 1.44 bits per heavy atom. The average molecular weight is 369 g/mol. The smallest absolute Gasteiger partial charge is 0.123 e. The standard InChI is InChI=1S/C23H32N2O2/c1-16-5-6-18(10-9-17-7-8-17)11-20(16)22(26-4)21(24)14-25-13-19-12-23(2,3)15-27-19/h5-6,11,14,17,19,22,25H,7-8,12-13,15,24H2,1-4H3/b21-14-. The molecule has 3 N–H and O–H groups in total. The molecule has 1 heterocycles. The summed E-state index contributed by atoms with van der Waals surface area (Å²) in [7, 11) is 1.69. The molecule has 1 aromatic carbocycles. The summed E-state index contributed by atoms with van der Waals surface area (Å²) in [6.45, 7) is 8.12. The minimum absolute atomic E-state index is 0.229. The van der Waals surface area contributed by atoms with Gasteiger partial charge in [-0.05, 0) is 54.9 Å². The Kier molecular flexibility index (Phi) is 6.14. The molecule has 0 amide bonds. The summed E-state index contributed by atoms with van der Waals surface area (Å²) in [5, 5.41) is 3.31. The highest BCUT2D eigenvalue weighted by Crippen LogP contribution is 2.31. The number of benzene rings is 1. The molecule has 2 atom stereocenters. The summed E-state index contributed by atoms with van der Waals surface area (Å²) in [6.07, 6.45) is 5.31. The van der Waals surface area contributed by atoms with E-state index >= 15 is 0 Å². The zero-order chi connectivity index (χ0) is 19.4. The Morgan fingerprint density at radius 3 is 2.85 bits per heavy atom. The molecule has 1 saturated carbocycles. The minimum Gasteiger partial charge on any atom is -0.398 e. The third-order valence-corrected chi connectivity index (χ3v) is 5.20. The van der Waals surface area contributed by atoms with E-state index in [-0.39, 0.29) is 17.6 Å². The number of nitrogens with one attached hydrogen (secondary N) is 1. The Hall–Kier alpha value is -1.96. The molecule has 0 aromatic heterocycles. The second-order valence-electron chi connectivity index (χ2n) is 8.58. The summed E-state index contributed by atoms with van der Waals surface area (Å²) >= 11 is 0.